The van der Waals surface area contributed by atoms with Crippen LogP contribution in [0.15, 0.2) is 47.7 Å². The van der Waals surface area contributed by atoms with Crippen molar-refractivity contribution in [2.75, 3.05) is 10.6 Å². The summed E-state index contributed by atoms with van der Waals surface area (Å²) in [5.74, 6) is 0.112. The molecule has 1 atom stereocenters. The minimum atomic E-state index is -0.410. The van der Waals surface area contributed by atoms with E-state index in [1.807, 2.05) is 0 Å². The van der Waals surface area contributed by atoms with E-state index in [9.17, 15) is 14.9 Å². The first-order valence-corrected chi connectivity index (χ1v) is 9.80. The van der Waals surface area contributed by atoms with E-state index in [4.69, 9.17) is 0 Å². The molecule has 2 N–H and O–H groups in total. The van der Waals surface area contributed by atoms with E-state index in [0.29, 0.717) is 6.42 Å². The largest absolute Gasteiger partial charge is 0.372 e. The number of nitrogens with one attached hydrogen (secondary N) is 2. The second kappa shape index (κ2) is 6.72. The Balaban J connectivity index is 1.87. The van der Waals surface area contributed by atoms with Crippen molar-refractivity contribution < 1.29 is 9.72 Å². The Kier molecular flexibility index (Phi) is 4.45. The SMILES string of the molecule is Cc1cc2c(cc1C)NC(c1ccc([N+](=O)[O-])cc1)C1=C(CC(C)(C)CC1=O)N2. The first kappa shape index (κ1) is 19.2. The summed E-state index contributed by atoms with van der Waals surface area (Å²) < 4.78 is 0. The summed E-state index contributed by atoms with van der Waals surface area (Å²) >= 11 is 0. The van der Waals surface area contributed by atoms with Crippen LogP contribution in [-0.4, -0.2) is 10.7 Å². The van der Waals surface area contributed by atoms with Crippen molar-refractivity contribution in [3.05, 3.63) is 74.5 Å². The van der Waals surface area contributed by atoms with E-state index in [-0.39, 0.29) is 22.9 Å². The molecule has 2 aliphatic rings. The van der Waals surface area contributed by atoms with Crippen LogP contribution >= 0.6 is 0 Å². The van der Waals surface area contributed by atoms with Crippen LogP contribution in [0.4, 0.5) is 17.1 Å². The van der Waals surface area contributed by atoms with Gasteiger partial charge in [-0.25, -0.2) is 0 Å². The van der Waals surface area contributed by atoms with E-state index in [2.05, 4.69) is 50.5 Å². The summed E-state index contributed by atoms with van der Waals surface area (Å²) in [6, 6.07) is 10.3. The zero-order valence-electron chi connectivity index (χ0n) is 17.1. The van der Waals surface area contributed by atoms with Gasteiger partial charge in [-0.05, 0) is 66.6 Å². The van der Waals surface area contributed by atoms with Crippen molar-refractivity contribution in [2.45, 2.75) is 46.6 Å². The molecule has 1 heterocycles. The molecule has 0 saturated carbocycles. The highest BCUT2D eigenvalue weighted by molar-refractivity contribution is 6.01. The standard InChI is InChI=1S/C23H25N3O3/c1-13-9-17-18(10-14(13)2)25-22(15-5-7-16(8-6-15)26(28)29)21-19(24-17)11-23(3,4)12-20(21)27/h5-10,22,24-25H,11-12H2,1-4H3. The summed E-state index contributed by atoms with van der Waals surface area (Å²) in [5.41, 5.74) is 6.64. The normalized spacial score (nSPS) is 20.1. The summed E-state index contributed by atoms with van der Waals surface area (Å²) in [7, 11) is 0. The van der Waals surface area contributed by atoms with Crippen LogP contribution in [0, 0.1) is 29.4 Å². The summed E-state index contributed by atoms with van der Waals surface area (Å²) in [4.78, 5) is 23.8. The Bertz CT molecular complexity index is 1050. The number of fused-ring (bicyclic) bond motifs is 1. The second-order valence-corrected chi connectivity index (χ2v) is 8.87. The number of nitrogens with zero attached hydrogens (tertiary/aromatic N) is 1. The van der Waals surface area contributed by atoms with Crippen LogP contribution in [0.2, 0.25) is 0 Å². The first-order valence-electron chi connectivity index (χ1n) is 9.80. The Morgan fingerprint density at radius 1 is 1.03 bits per heavy atom. The second-order valence-electron chi connectivity index (χ2n) is 8.87. The molecular formula is C23H25N3O3. The number of hydrogen-bond acceptors (Lipinski definition) is 5. The number of carbonyl (C=O) groups excluding carboxylic acids is 1. The molecule has 0 bridgehead atoms. The van der Waals surface area contributed by atoms with Gasteiger partial charge < -0.3 is 10.6 Å². The van der Waals surface area contributed by atoms with Gasteiger partial charge in [0.15, 0.2) is 5.78 Å². The molecule has 6 nitrogen and oxygen atoms in total. The number of carbonyl (C=O) groups is 1. The molecule has 1 aliphatic carbocycles. The van der Waals surface area contributed by atoms with Gasteiger partial charge >= 0.3 is 0 Å². The number of Topliss-reactive ketones (excluding diaryl/α,β-unsaturated/α-hetero) is 1. The average Bonchev–Trinajstić information content (AvgIpc) is 2.78. The average molecular weight is 391 g/mol. The van der Waals surface area contributed by atoms with E-state index in [0.717, 1.165) is 40.2 Å². The quantitative estimate of drug-likeness (QED) is 0.526. The predicted molar refractivity (Wildman–Crippen MR) is 114 cm³/mol. The third-order valence-corrected chi connectivity index (χ3v) is 5.87. The highest BCUT2D eigenvalue weighted by Gasteiger charge is 2.38. The minimum absolute atomic E-state index is 0.0395. The van der Waals surface area contributed by atoms with Gasteiger partial charge in [-0.2, -0.15) is 0 Å². The maximum absolute atomic E-state index is 13.2. The molecule has 150 valence electrons. The van der Waals surface area contributed by atoms with Gasteiger partial charge in [0, 0.05) is 29.8 Å². The van der Waals surface area contributed by atoms with Crippen molar-refractivity contribution in [3.8, 4) is 0 Å². The van der Waals surface area contributed by atoms with E-state index >= 15 is 0 Å². The third kappa shape index (κ3) is 3.50. The highest BCUT2D eigenvalue weighted by atomic mass is 16.6. The van der Waals surface area contributed by atoms with Crippen LogP contribution < -0.4 is 10.6 Å². The fraction of sp³-hybridized carbons (Fsp3) is 0.348. The predicted octanol–water partition coefficient (Wildman–Crippen LogP) is 5.43. The number of hydrogen-bond donors (Lipinski definition) is 2. The van der Waals surface area contributed by atoms with Crippen LogP contribution in [0.25, 0.3) is 0 Å². The number of nitro benzene ring substituents is 1. The Morgan fingerprint density at radius 3 is 2.28 bits per heavy atom. The van der Waals surface area contributed by atoms with Crippen molar-refractivity contribution in [1.82, 2.24) is 0 Å². The molecule has 4 rings (SSSR count). The van der Waals surface area contributed by atoms with Crippen LogP contribution in [-0.2, 0) is 4.79 Å². The molecule has 0 amide bonds. The van der Waals surface area contributed by atoms with Crippen molar-refractivity contribution in [1.29, 1.82) is 0 Å². The van der Waals surface area contributed by atoms with Crippen LogP contribution in [0.1, 0.15) is 49.4 Å². The molecule has 0 fully saturated rings. The Morgan fingerprint density at radius 2 is 1.66 bits per heavy atom. The lowest BCUT2D eigenvalue weighted by Gasteiger charge is -2.34. The third-order valence-electron chi connectivity index (χ3n) is 5.87. The molecule has 6 heteroatoms. The fourth-order valence-electron chi connectivity index (χ4n) is 4.25. The van der Waals surface area contributed by atoms with Gasteiger partial charge in [-0.1, -0.05) is 13.8 Å². The number of nitro groups is 1. The monoisotopic (exact) mass is 391 g/mol. The van der Waals surface area contributed by atoms with Crippen molar-refractivity contribution >= 4 is 22.8 Å². The Labute approximate surface area is 170 Å². The smallest absolute Gasteiger partial charge is 0.269 e. The molecule has 0 spiro atoms. The summed E-state index contributed by atoms with van der Waals surface area (Å²) in [6.07, 6.45) is 1.25. The number of non-ortho nitro benzene ring substituents is 1. The van der Waals surface area contributed by atoms with Crippen molar-refractivity contribution in [2.24, 2.45) is 5.41 Å². The summed E-state index contributed by atoms with van der Waals surface area (Å²) in [5, 5.41) is 18.1. The minimum Gasteiger partial charge on any atom is -0.372 e. The van der Waals surface area contributed by atoms with Crippen LogP contribution in [0.3, 0.4) is 0 Å². The number of benzene rings is 2. The molecule has 0 radical (unpaired) electrons. The first-order chi connectivity index (χ1) is 13.6. The molecule has 1 aliphatic heterocycles. The molecule has 2 aromatic carbocycles. The zero-order valence-corrected chi connectivity index (χ0v) is 17.1. The van der Waals surface area contributed by atoms with E-state index in [1.54, 1.807) is 12.1 Å². The van der Waals surface area contributed by atoms with E-state index < -0.39 is 4.92 Å². The number of allylic oxidation sites excluding steroid dienone is 1. The lowest BCUT2D eigenvalue weighted by Crippen LogP contribution is -2.31. The molecule has 1 unspecified atom stereocenters. The lowest BCUT2D eigenvalue weighted by molar-refractivity contribution is -0.384. The molecule has 2 aromatic rings. The van der Waals surface area contributed by atoms with Gasteiger partial charge in [0.1, 0.15) is 0 Å². The molecule has 0 saturated heterocycles. The van der Waals surface area contributed by atoms with E-state index in [1.165, 1.54) is 17.7 Å². The van der Waals surface area contributed by atoms with Crippen molar-refractivity contribution in [3.63, 3.8) is 0 Å². The fourth-order valence-corrected chi connectivity index (χ4v) is 4.25. The number of ketones is 1. The maximum Gasteiger partial charge on any atom is 0.269 e. The molecule has 0 aromatic heterocycles. The molecular weight excluding hydrogens is 366 g/mol. The van der Waals surface area contributed by atoms with Gasteiger partial charge in [0.05, 0.1) is 22.3 Å². The Hall–Kier alpha value is -3.15. The topological polar surface area (TPSA) is 84.3 Å². The number of rotatable bonds is 2. The lowest BCUT2D eigenvalue weighted by atomic mass is 9.73. The molecule has 29 heavy (non-hydrogen) atoms. The van der Waals surface area contributed by atoms with Crippen LogP contribution in [0.5, 0.6) is 0 Å². The number of aryl methyl sites for hydroxylation is 2. The number of anilines is 2. The van der Waals surface area contributed by atoms with Gasteiger partial charge in [0.2, 0.25) is 0 Å². The highest BCUT2D eigenvalue weighted by Crippen LogP contribution is 2.46. The maximum atomic E-state index is 13.2. The van der Waals surface area contributed by atoms with Gasteiger partial charge in [0.25, 0.3) is 5.69 Å². The summed E-state index contributed by atoms with van der Waals surface area (Å²) in [6.45, 7) is 8.35. The zero-order chi connectivity index (χ0) is 20.9. The van der Waals surface area contributed by atoms with Gasteiger partial charge in [-0.3, -0.25) is 14.9 Å². The van der Waals surface area contributed by atoms with Gasteiger partial charge in [-0.15, -0.1) is 0 Å².